The molecule has 10 aromatic rings. The summed E-state index contributed by atoms with van der Waals surface area (Å²) in [4.78, 5) is 15.5. The van der Waals surface area contributed by atoms with Crippen LogP contribution in [0.4, 0.5) is 0 Å². The first-order chi connectivity index (χ1) is 23.8. The highest BCUT2D eigenvalue weighted by Crippen LogP contribution is 2.44. The molecule has 224 valence electrons. The highest BCUT2D eigenvalue weighted by molar-refractivity contribution is 6.16. The summed E-state index contributed by atoms with van der Waals surface area (Å²) in [5.74, 6) is 1.76. The van der Waals surface area contributed by atoms with Crippen molar-refractivity contribution in [2.75, 3.05) is 0 Å². The predicted molar refractivity (Wildman–Crippen MR) is 194 cm³/mol. The minimum Gasteiger partial charge on any atom is -0.456 e. The first-order valence-corrected chi connectivity index (χ1v) is 15.9. The zero-order valence-corrected chi connectivity index (χ0v) is 25.6. The Kier molecular flexibility index (Phi) is 5.81. The van der Waals surface area contributed by atoms with Crippen LogP contribution in [0.5, 0.6) is 0 Å². The number of fused-ring (bicyclic) bond motifs is 7. The number of nitrogens with zero attached hydrogens (tertiary/aromatic N) is 3. The number of hydrogen-bond acceptors (Lipinski definition) is 5. The molecular formula is C43H25N3O2. The van der Waals surface area contributed by atoms with Crippen LogP contribution in [0.25, 0.3) is 99.9 Å². The third kappa shape index (κ3) is 4.15. The summed E-state index contributed by atoms with van der Waals surface area (Å²) in [7, 11) is 0. The Morgan fingerprint density at radius 3 is 1.75 bits per heavy atom. The largest absolute Gasteiger partial charge is 0.456 e. The van der Waals surface area contributed by atoms with Gasteiger partial charge >= 0.3 is 0 Å². The zero-order chi connectivity index (χ0) is 31.6. The lowest BCUT2D eigenvalue weighted by atomic mass is 9.92. The maximum absolute atomic E-state index is 6.40. The molecule has 0 aliphatic carbocycles. The van der Waals surface area contributed by atoms with Crippen molar-refractivity contribution in [1.82, 2.24) is 15.0 Å². The van der Waals surface area contributed by atoms with Crippen LogP contribution in [-0.2, 0) is 0 Å². The van der Waals surface area contributed by atoms with Gasteiger partial charge in [-0.25, -0.2) is 15.0 Å². The van der Waals surface area contributed by atoms with Crippen molar-refractivity contribution in [3.05, 3.63) is 152 Å². The molecule has 0 saturated carbocycles. The van der Waals surface area contributed by atoms with E-state index in [0.717, 1.165) is 77.1 Å². The van der Waals surface area contributed by atoms with E-state index in [1.807, 2.05) is 78.9 Å². The standard InChI is InChI=1S/C43H25N3O2/c1-2-12-27(13-3-1)41-44-42(32-17-10-20-36-39(32)30-15-6-8-18-34(30)47-36)46-43(45-41)33-23-24-37-40(31-16-7-9-19-35(31)48-37)38(33)29-22-21-26-11-4-5-14-28(26)25-29/h1-25H. The van der Waals surface area contributed by atoms with Crippen molar-refractivity contribution in [2.24, 2.45) is 0 Å². The van der Waals surface area contributed by atoms with E-state index in [1.54, 1.807) is 0 Å². The lowest BCUT2D eigenvalue weighted by Crippen LogP contribution is -2.01. The van der Waals surface area contributed by atoms with Crippen LogP contribution in [0, 0.1) is 0 Å². The van der Waals surface area contributed by atoms with E-state index in [0.29, 0.717) is 17.5 Å². The molecule has 3 aromatic heterocycles. The topological polar surface area (TPSA) is 65.0 Å². The number of aromatic nitrogens is 3. The van der Waals surface area contributed by atoms with Crippen molar-refractivity contribution in [3.63, 3.8) is 0 Å². The number of furan rings is 2. The predicted octanol–water partition coefficient (Wildman–Crippen LogP) is 11.5. The van der Waals surface area contributed by atoms with Crippen molar-refractivity contribution >= 4 is 54.6 Å². The Morgan fingerprint density at radius 2 is 0.958 bits per heavy atom. The third-order valence-electron chi connectivity index (χ3n) is 9.13. The number of hydrogen-bond donors (Lipinski definition) is 0. The van der Waals surface area contributed by atoms with Crippen LogP contribution in [0.2, 0.25) is 0 Å². The van der Waals surface area contributed by atoms with E-state index in [9.17, 15) is 0 Å². The molecule has 5 nitrogen and oxygen atoms in total. The second kappa shape index (κ2) is 10.5. The summed E-state index contributed by atoms with van der Waals surface area (Å²) >= 11 is 0. The fourth-order valence-corrected chi connectivity index (χ4v) is 6.94. The molecule has 0 radical (unpaired) electrons. The summed E-state index contributed by atoms with van der Waals surface area (Å²) in [6.45, 7) is 0. The van der Waals surface area contributed by atoms with E-state index in [1.165, 1.54) is 5.39 Å². The van der Waals surface area contributed by atoms with Gasteiger partial charge < -0.3 is 8.83 Å². The van der Waals surface area contributed by atoms with Gasteiger partial charge in [-0.3, -0.25) is 0 Å². The molecule has 7 aromatic carbocycles. The van der Waals surface area contributed by atoms with Crippen LogP contribution in [-0.4, -0.2) is 15.0 Å². The first-order valence-electron chi connectivity index (χ1n) is 15.9. The summed E-state index contributed by atoms with van der Waals surface area (Å²) < 4.78 is 12.7. The second-order valence-electron chi connectivity index (χ2n) is 12.0. The van der Waals surface area contributed by atoms with Crippen LogP contribution in [0.3, 0.4) is 0 Å². The van der Waals surface area contributed by atoms with Gasteiger partial charge in [-0.2, -0.15) is 0 Å². The average Bonchev–Trinajstić information content (AvgIpc) is 3.73. The second-order valence-corrected chi connectivity index (χ2v) is 12.0. The van der Waals surface area contributed by atoms with Gasteiger partial charge in [0.25, 0.3) is 0 Å². The van der Waals surface area contributed by atoms with E-state index in [-0.39, 0.29) is 0 Å². The summed E-state index contributed by atoms with van der Waals surface area (Å²) in [5.41, 5.74) is 8.05. The number of para-hydroxylation sites is 2. The third-order valence-corrected chi connectivity index (χ3v) is 9.13. The highest BCUT2D eigenvalue weighted by Gasteiger charge is 2.22. The van der Waals surface area contributed by atoms with E-state index >= 15 is 0 Å². The SMILES string of the molecule is c1ccc(-c2nc(-c3ccc4oc5ccccc5c4c3-c3ccc4ccccc4c3)nc(-c3cccc4oc5ccccc5c34)n2)cc1. The van der Waals surface area contributed by atoms with Gasteiger partial charge in [0.05, 0.1) is 0 Å². The summed E-state index contributed by atoms with van der Waals surface area (Å²) in [6.07, 6.45) is 0. The van der Waals surface area contributed by atoms with Gasteiger partial charge in [-0.15, -0.1) is 0 Å². The fourth-order valence-electron chi connectivity index (χ4n) is 6.94. The molecule has 0 saturated heterocycles. The van der Waals surface area contributed by atoms with Crippen LogP contribution in [0.1, 0.15) is 0 Å². The molecule has 0 unspecified atom stereocenters. The molecule has 0 atom stereocenters. The smallest absolute Gasteiger partial charge is 0.164 e. The Balaban J connectivity index is 1.31. The van der Waals surface area contributed by atoms with Crippen LogP contribution >= 0.6 is 0 Å². The lowest BCUT2D eigenvalue weighted by molar-refractivity contribution is 0.668. The first kappa shape index (κ1) is 26.6. The van der Waals surface area contributed by atoms with Crippen LogP contribution < -0.4 is 0 Å². The Bertz CT molecular complexity index is 2850. The van der Waals surface area contributed by atoms with Crippen molar-refractivity contribution in [1.29, 1.82) is 0 Å². The van der Waals surface area contributed by atoms with E-state index < -0.39 is 0 Å². The molecule has 0 fully saturated rings. The maximum Gasteiger partial charge on any atom is 0.164 e. The molecule has 5 heteroatoms. The molecule has 0 aliphatic rings. The summed E-state index contributed by atoms with van der Waals surface area (Å²) in [6, 6.07) is 51.6. The Labute approximate surface area is 274 Å². The van der Waals surface area contributed by atoms with Crippen molar-refractivity contribution < 1.29 is 8.83 Å². The molecule has 0 aliphatic heterocycles. The Morgan fingerprint density at radius 1 is 0.354 bits per heavy atom. The molecule has 0 spiro atoms. The Hall–Kier alpha value is -6.59. The maximum atomic E-state index is 6.40. The number of benzene rings is 7. The van der Waals surface area contributed by atoms with Crippen molar-refractivity contribution in [3.8, 4) is 45.3 Å². The molecular weight excluding hydrogens is 590 g/mol. The van der Waals surface area contributed by atoms with Crippen LogP contribution in [0.15, 0.2) is 160 Å². The summed E-state index contributed by atoms with van der Waals surface area (Å²) in [5, 5.41) is 6.42. The molecule has 0 N–H and O–H groups in total. The van der Waals surface area contributed by atoms with E-state index in [2.05, 4.69) is 72.8 Å². The molecule has 10 rings (SSSR count). The number of rotatable bonds is 4. The fraction of sp³-hybridized carbons (Fsp3) is 0. The van der Waals surface area contributed by atoms with Gasteiger partial charge in [0.2, 0.25) is 0 Å². The van der Waals surface area contributed by atoms with Crippen molar-refractivity contribution in [2.45, 2.75) is 0 Å². The monoisotopic (exact) mass is 615 g/mol. The average molecular weight is 616 g/mol. The quantitative estimate of drug-likeness (QED) is 0.197. The normalized spacial score (nSPS) is 11.8. The zero-order valence-electron chi connectivity index (χ0n) is 25.6. The minimum atomic E-state index is 0.581. The molecule has 0 amide bonds. The van der Waals surface area contributed by atoms with Gasteiger partial charge in [0, 0.05) is 43.8 Å². The van der Waals surface area contributed by atoms with Gasteiger partial charge in [0.15, 0.2) is 17.5 Å². The van der Waals surface area contributed by atoms with E-state index in [4.69, 9.17) is 23.8 Å². The molecule has 48 heavy (non-hydrogen) atoms. The minimum absolute atomic E-state index is 0.581. The highest BCUT2D eigenvalue weighted by atomic mass is 16.3. The van der Waals surface area contributed by atoms with Gasteiger partial charge in [0.1, 0.15) is 22.3 Å². The molecule has 3 heterocycles. The lowest BCUT2D eigenvalue weighted by Gasteiger charge is -2.14. The van der Waals surface area contributed by atoms with Gasteiger partial charge in [-0.1, -0.05) is 115 Å². The molecule has 0 bridgehead atoms. The van der Waals surface area contributed by atoms with Gasteiger partial charge in [-0.05, 0) is 52.7 Å².